The number of amides is 2. The van der Waals surface area contributed by atoms with Crippen LogP contribution in [0.15, 0.2) is 78.9 Å². The van der Waals surface area contributed by atoms with Crippen molar-refractivity contribution in [3.8, 4) is 0 Å². The molecular weight excluding hydrogens is 479 g/mol. The van der Waals surface area contributed by atoms with Crippen molar-refractivity contribution in [2.24, 2.45) is 0 Å². The second kappa shape index (κ2) is 12.2. The molecule has 184 valence electrons. The second-order valence-electron chi connectivity index (χ2n) is 9.69. The molecule has 2 amide bonds. The molecule has 0 aromatic heterocycles. The summed E-state index contributed by atoms with van der Waals surface area (Å²) in [5, 5.41) is 4.06. The van der Waals surface area contributed by atoms with Gasteiger partial charge in [-0.15, -0.1) is 0 Å². The summed E-state index contributed by atoms with van der Waals surface area (Å²) in [7, 11) is 0. The maximum atomic E-state index is 13.7. The van der Waals surface area contributed by atoms with E-state index in [-0.39, 0.29) is 24.8 Å². The van der Waals surface area contributed by atoms with Crippen LogP contribution in [-0.4, -0.2) is 28.3 Å². The minimum Gasteiger partial charge on any atom is -0.350 e. The van der Waals surface area contributed by atoms with Gasteiger partial charge in [0.1, 0.15) is 6.04 Å². The summed E-state index contributed by atoms with van der Waals surface area (Å²) >= 11 is 12.6. The van der Waals surface area contributed by atoms with Gasteiger partial charge in [0, 0.05) is 35.0 Å². The van der Waals surface area contributed by atoms with E-state index in [9.17, 15) is 9.59 Å². The third kappa shape index (κ3) is 8.41. The zero-order valence-electron chi connectivity index (χ0n) is 20.4. The quantitative estimate of drug-likeness (QED) is 0.358. The third-order valence-corrected chi connectivity index (χ3v) is 6.18. The summed E-state index contributed by atoms with van der Waals surface area (Å²) in [6.07, 6.45) is 1.26. The minimum atomic E-state index is -0.702. The summed E-state index contributed by atoms with van der Waals surface area (Å²) in [5.74, 6) is -0.302. The van der Waals surface area contributed by atoms with E-state index >= 15 is 0 Å². The Labute approximate surface area is 218 Å². The fraction of sp³-hybridized carbons (Fsp3) is 0.310. The third-order valence-electron chi connectivity index (χ3n) is 5.60. The van der Waals surface area contributed by atoms with Gasteiger partial charge in [-0.05, 0) is 56.0 Å². The first-order valence-corrected chi connectivity index (χ1v) is 12.5. The van der Waals surface area contributed by atoms with Crippen LogP contribution in [0.4, 0.5) is 0 Å². The number of rotatable bonds is 9. The van der Waals surface area contributed by atoms with Crippen LogP contribution in [0.2, 0.25) is 10.0 Å². The number of hydrogen-bond donors (Lipinski definition) is 1. The summed E-state index contributed by atoms with van der Waals surface area (Å²) in [6, 6.07) is 24.1. The molecule has 0 saturated heterocycles. The molecule has 0 radical (unpaired) electrons. The van der Waals surface area contributed by atoms with Crippen molar-refractivity contribution in [1.29, 1.82) is 0 Å². The van der Waals surface area contributed by atoms with Crippen molar-refractivity contribution < 1.29 is 9.59 Å². The molecule has 3 aromatic carbocycles. The van der Waals surface area contributed by atoms with Gasteiger partial charge in [0.15, 0.2) is 0 Å². The highest BCUT2D eigenvalue weighted by Crippen LogP contribution is 2.25. The molecule has 3 rings (SSSR count). The Morgan fingerprint density at radius 2 is 1.49 bits per heavy atom. The maximum absolute atomic E-state index is 13.7. The average Bonchev–Trinajstić information content (AvgIpc) is 2.81. The van der Waals surface area contributed by atoms with Crippen molar-refractivity contribution in [1.82, 2.24) is 10.2 Å². The number of nitrogens with zero attached hydrogens (tertiary/aromatic N) is 1. The number of halogens is 2. The first kappa shape index (κ1) is 26.8. The number of carbonyl (C=O) groups is 2. The van der Waals surface area contributed by atoms with Crippen LogP contribution in [0.3, 0.4) is 0 Å². The lowest BCUT2D eigenvalue weighted by Gasteiger charge is -2.34. The molecule has 1 atom stereocenters. The molecule has 0 bridgehead atoms. The highest BCUT2D eigenvalue weighted by Gasteiger charge is 2.32. The van der Waals surface area contributed by atoms with Crippen molar-refractivity contribution in [3.05, 3.63) is 106 Å². The van der Waals surface area contributed by atoms with Gasteiger partial charge in [-0.1, -0.05) is 89.9 Å². The van der Waals surface area contributed by atoms with Gasteiger partial charge in [-0.25, -0.2) is 0 Å². The van der Waals surface area contributed by atoms with E-state index < -0.39 is 11.6 Å². The Morgan fingerprint density at radius 1 is 0.886 bits per heavy atom. The number of nitrogens with one attached hydrogen (secondary N) is 1. The molecule has 0 aliphatic heterocycles. The predicted octanol–water partition coefficient (Wildman–Crippen LogP) is 6.48. The van der Waals surface area contributed by atoms with Gasteiger partial charge in [0.05, 0.1) is 0 Å². The average molecular weight is 511 g/mol. The molecule has 4 nitrogen and oxygen atoms in total. The van der Waals surface area contributed by atoms with Gasteiger partial charge >= 0.3 is 0 Å². The lowest BCUT2D eigenvalue weighted by molar-refractivity contribution is -0.141. The molecule has 0 spiro atoms. The Balaban J connectivity index is 1.95. The molecule has 0 unspecified atom stereocenters. The zero-order chi connectivity index (χ0) is 25.4. The molecule has 0 aliphatic carbocycles. The van der Waals surface area contributed by atoms with Crippen molar-refractivity contribution in [2.45, 2.75) is 58.2 Å². The lowest BCUT2D eigenvalue weighted by Crippen LogP contribution is -2.54. The fourth-order valence-electron chi connectivity index (χ4n) is 3.88. The summed E-state index contributed by atoms with van der Waals surface area (Å²) in [4.78, 5) is 28.9. The minimum absolute atomic E-state index is 0.107. The van der Waals surface area contributed by atoms with Crippen LogP contribution in [0.25, 0.3) is 0 Å². The van der Waals surface area contributed by atoms with Crippen molar-refractivity contribution in [3.63, 3.8) is 0 Å². The van der Waals surface area contributed by atoms with Crippen molar-refractivity contribution >= 4 is 35.0 Å². The summed E-state index contributed by atoms with van der Waals surface area (Å²) in [5.41, 5.74) is 2.35. The van der Waals surface area contributed by atoms with Gasteiger partial charge in [0.25, 0.3) is 0 Å². The Kier molecular flexibility index (Phi) is 9.36. The lowest BCUT2D eigenvalue weighted by atomic mass is 10.00. The molecule has 35 heavy (non-hydrogen) atoms. The first-order valence-electron chi connectivity index (χ1n) is 11.8. The first-order chi connectivity index (χ1) is 16.6. The van der Waals surface area contributed by atoms with E-state index in [2.05, 4.69) is 5.32 Å². The molecule has 6 heteroatoms. The Hall–Kier alpha value is -2.82. The monoisotopic (exact) mass is 510 g/mol. The van der Waals surface area contributed by atoms with E-state index in [1.54, 1.807) is 17.0 Å². The molecule has 0 fully saturated rings. The fourth-order valence-corrected chi connectivity index (χ4v) is 4.35. The van der Waals surface area contributed by atoms with Gasteiger partial charge in [-0.3, -0.25) is 9.59 Å². The van der Waals surface area contributed by atoms with Crippen molar-refractivity contribution in [2.75, 3.05) is 0 Å². The number of hydrogen-bond acceptors (Lipinski definition) is 2. The van der Waals surface area contributed by atoms with E-state index in [1.165, 1.54) is 0 Å². The van der Waals surface area contributed by atoms with Gasteiger partial charge < -0.3 is 10.2 Å². The second-order valence-corrected chi connectivity index (χ2v) is 10.5. The largest absolute Gasteiger partial charge is 0.350 e. The molecule has 3 aromatic rings. The van der Waals surface area contributed by atoms with Crippen LogP contribution >= 0.6 is 23.2 Å². The molecular formula is C29H32Cl2N2O2. The predicted molar refractivity (Wildman–Crippen MR) is 144 cm³/mol. The van der Waals surface area contributed by atoms with Crippen LogP contribution in [-0.2, 0) is 29.0 Å². The molecule has 0 aliphatic rings. The SMILES string of the molecule is CC(C)(C)NC(=O)[C@@H](Cc1ccccc1)N(Cc1ccc(Cl)cc1Cl)C(=O)CCc1ccccc1. The standard InChI is InChI=1S/C29H32Cl2N2O2/c1-29(2,3)32-28(35)26(18-22-12-8-5-9-13-22)33(20-23-15-16-24(30)19-25(23)31)27(34)17-14-21-10-6-4-7-11-21/h4-13,15-16,19,26H,14,17-18,20H2,1-3H3,(H,32,35)/t26-/m1/s1. The van der Waals surface area contributed by atoms with Crippen LogP contribution in [0.5, 0.6) is 0 Å². The van der Waals surface area contributed by atoms with Gasteiger partial charge in [0.2, 0.25) is 11.8 Å². The Morgan fingerprint density at radius 3 is 2.06 bits per heavy atom. The van der Waals surface area contributed by atoms with Crippen LogP contribution < -0.4 is 5.32 Å². The molecule has 0 saturated carbocycles. The molecule has 1 N–H and O–H groups in total. The number of benzene rings is 3. The number of aryl methyl sites for hydroxylation is 1. The Bertz CT molecular complexity index is 1130. The topological polar surface area (TPSA) is 49.4 Å². The van der Waals surface area contributed by atoms with E-state index in [1.807, 2.05) is 87.5 Å². The molecule has 0 heterocycles. The zero-order valence-corrected chi connectivity index (χ0v) is 21.9. The van der Waals surface area contributed by atoms with E-state index in [0.29, 0.717) is 22.9 Å². The maximum Gasteiger partial charge on any atom is 0.243 e. The van der Waals surface area contributed by atoms with Gasteiger partial charge in [-0.2, -0.15) is 0 Å². The van der Waals surface area contributed by atoms with Crippen LogP contribution in [0, 0.1) is 0 Å². The summed E-state index contributed by atoms with van der Waals surface area (Å²) < 4.78 is 0. The normalized spacial score (nSPS) is 12.1. The highest BCUT2D eigenvalue weighted by molar-refractivity contribution is 6.35. The highest BCUT2D eigenvalue weighted by atomic mass is 35.5. The van der Waals surface area contributed by atoms with E-state index in [4.69, 9.17) is 23.2 Å². The number of carbonyl (C=O) groups excluding carboxylic acids is 2. The summed E-state index contributed by atoms with van der Waals surface area (Å²) in [6.45, 7) is 6.00. The smallest absolute Gasteiger partial charge is 0.243 e. The van der Waals surface area contributed by atoms with Crippen LogP contribution in [0.1, 0.15) is 43.9 Å². The van der Waals surface area contributed by atoms with E-state index in [0.717, 1.165) is 16.7 Å².